The molecule has 1 spiro atoms. The maximum absolute atomic E-state index is 12.5. The highest BCUT2D eigenvalue weighted by Gasteiger charge is 2.42. The van der Waals surface area contributed by atoms with Crippen molar-refractivity contribution in [1.29, 1.82) is 0 Å². The molecule has 2 aliphatic rings. The largest absolute Gasteiger partial charge is 0.368 e. The minimum atomic E-state index is -0.259. The van der Waals surface area contributed by atoms with E-state index >= 15 is 0 Å². The number of hydrogen-bond donors (Lipinski definition) is 1. The van der Waals surface area contributed by atoms with Crippen molar-refractivity contribution in [2.45, 2.75) is 44.1 Å². The van der Waals surface area contributed by atoms with E-state index in [1.54, 1.807) is 0 Å². The van der Waals surface area contributed by atoms with Crippen molar-refractivity contribution < 1.29 is 9.53 Å². The van der Waals surface area contributed by atoms with Gasteiger partial charge in [0.25, 0.3) is 0 Å². The molecule has 1 aromatic carbocycles. The summed E-state index contributed by atoms with van der Waals surface area (Å²) < 4.78 is 6.15. The van der Waals surface area contributed by atoms with Crippen LogP contribution in [0.25, 0.3) is 0 Å². The second-order valence-electron chi connectivity index (χ2n) is 7.08. The Balaban J connectivity index is 1.30. The summed E-state index contributed by atoms with van der Waals surface area (Å²) >= 11 is 0. The Morgan fingerprint density at radius 3 is 2.84 bits per heavy atom. The number of aromatic nitrogens is 2. The Morgan fingerprint density at radius 2 is 2.04 bits per heavy atom. The SMILES string of the molecule is O=C(CCCc1ccccc1)N1CCC2(CC1)OCCc1cn[nH]c12. The molecule has 1 saturated heterocycles. The number of carbonyl (C=O) groups excluding carboxylic acids is 1. The molecule has 0 bridgehead atoms. The van der Waals surface area contributed by atoms with Gasteiger partial charge in [-0.2, -0.15) is 5.10 Å². The summed E-state index contributed by atoms with van der Waals surface area (Å²) in [5.74, 6) is 0.270. The lowest BCUT2D eigenvalue weighted by atomic mass is 9.83. The van der Waals surface area contributed by atoms with Gasteiger partial charge < -0.3 is 9.64 Å². The summed E-state index contributed by atoms with van der Waals surface area (Å²) in [6.45, 7) is 2.28. The van der Waals surface area contributed by atoms with Crippen molar-refractivity contribution in [2.75, 3.05) is 19.7 Å². The van der Waals surface area contributed by atoms with Crippen LogP contribution in [0.1, 0.15) is 42.5 Å². The number of ether oxygens (including phenoxy) is 1. The topological polar surface area (TPSA) is 58.2 Å². The first-order valence-corrected chi connectivity index (χ1v) is 9.25. The number of aryl methyl sites for hydroxylation is 1. The fourth-order valence-corrected chi connectivity index (χ4v) is 4.08. The second-order valence-corrected chi connectivity index (χ2v) is 7.08. The lowest BCUT2D eigenvalue weighted by Crippen LogP contribution is -2.48. The fraction of sp³-hybridized carbons (Fsp3) is 0.500. The molecular weight excluding hydrogens is 314 g/mol. The molecule has 1 N–H and O–H groups in total. The number of nitrogens with one attached hydrogen (secondary N) is 1. The number of benzene rings is 1. The van der Waals surface area contributed by atoms with Gasteiger partial charge in [0.05, 0.1) is 18.5 Å². The van der Waals surface area contributed by atoms with Crippen LogP contribution in [0.4, 0.5) is 0 Å². The number of aromatic amines is 1. The van der Waals surface area contributed by atoms with Gasteiger partial charge in [-0.3, -0.25) is 9.89 Å². The number of rotatable bonds is 4. The second kappa shape index (κ2) is 7.00. The van der Waals surface area contributed by atoms with Gasteiger partial charge in [-0.25, -0.2) is 0 Å². The van der Waals surface area contributed by atoms with Crippen LogP contribution in [-0.2, 0) is 28.0 Å². The molecule has 0 aliphatic carbocycles. The van der Waals surface area contributed by atoms with Crippen molar-refractivity contribution in [3.63, 3.8) is 0 Å². The molecule has 0 saturated carbocycles. The molecule has 1 fully saturated rings. The molecule has 2 aromatic rings. The minimum absolute atomic E-state index is 0.259. The third-order valence-electron chi connectivity index (χ3n) is 5.55. The lowest BCUT2D eigenvalue weighted by molar-refractivity contribution is -0.141. The van der Waals surface area contributed by atoms with Crippen LogP contribution in [0.15, 0.2) is 36.5 Å². The van der Waals surface area contributed by atoms with E-state index < -0.39 is 0 Å². The summed E-state index contributed by atoms with van der Waals surface area (Å²) in [6, 6.07) is 10.4. The minimum Gasteiger partial charge on any atom is -0.368 e. The van der Waals surface area contributed by atoms with E-state index in [2.05, 4.69) is 34.5 Å². The molecule has 2 aliphatic heterocycles. The zero-order valence-electron chi connectivity index (χ0n) is 14.5. The van der Waals surface area contributed by atoms with Crippen LogP contribution in [0.3, 0.4) is 0 Å². The Morgan fingerprint density at radius 1 is 1.24 bits per heavy atom. The number of H-pyrrole nitrogens is 1. The van der Waals surface area contributed by atoms with E-state index in [1.807, 2.05) is 17.2 Å². The normalized spacial score (nSPS) is 19.0. The average molecular weight is 339 g/mol. The average Bonchev–Trinajstić information content (AvgIpc) is 3.14. The molecule has 5 heteroatoms. The van der Waals surface area contributed by atoms with Gasteiger partial charge in [-0.05, 0) is 43.2 Å². The summed E-state index contributed by atoms with van der Waals surface area (Å²) in [5, 5.41) is 7.33. The summed E-state index contributed by atoms with van der Waals surface area (Å²) in [4.78, 5) is 14.5. The van der Waals surface area contributed by atoms with Gasteiger partial charge in [0.2, 0.25) is 5.91 Å². The lowest BCUT2D eigenvalue weighted by Gasteiger charge is -2.43. The number of fused-ring (bicyclic) bond motifs is 2. The van der Waals surface area contributed by atoms with Gasteiger partial charge in [0.15, 0.2) is 0 Å². The quantitative estimate of drug-likeness (QED) is 0.932. The van der Waals surface area contributed by atoms with Crippen LogP contribution in [0, 0.1) is 0 Å². The van der Waals surface area contributed by atoms with Crippen LogP contribution < -0.4 is 0 Å². The maximum atomic E-state index is 12.5. The molecule has 1 aromatic heterocycles. The van der Waals surface area contributed by atoms with E-state index in [9.17, 15) is 4.79 Å². The predicted molar refractivity (Wildman–Crippen MR) is 95.1 cm³/mol. The van der Waals surface area contributed by atoms with Crippen molar-refractivity contribution in [2.24, 2.45) is 0 Å². The molecule has 0 unspecified atom stereocenters. The zero-order chi connectivity index (χ0) is 17.1. The highest BCUT2D eigenvalue weighted by atomic mass is 16.5. The molecular formula is C20H25N3O2. The number of hydrogen-bond acceptors (Lipinski definition) is 3. The first-order chi connectivity index (χ1) is 12.3. The maximum Gasteiger partial charge on any atom is 0.222 e. The van der Waals surface area contributed by atoms with Gasteiger partial charge >= 0.3 is 0 Å². The zero-order valence-corrected chi connectivity index (χ0v) is 14.5. The van der Waals surface area contributed by atoms with E-state index in [4.69, 9.17) is 4.74 Å². The first kappa shape index (κ1) is 16.3. The highest BCUT2D eigenvalue weighted by molar-refractivity contribution is 5.76. The molecule has 4 rings (SSSR count). The number of nitrogens with zero attached hydrogens (tertiary/aromatic N) is 2. The number of amides is 1. The van der Waals surface area contributed by atoms with E-state index in [0.717, 1.165) is 57.5 Å². The Labute approximate surface area is 148 Å². The van der Waals surface area contributed by atoms with Gasteiger partial charge in [-0.1, -0.05) is 30.3 Å². The van der Waals surface area contributed by atoms with Gasteiger partial charge in [-0.15, -0.1) is 0 Å². The van der Waals surface area contributed by atoms with E-state index in [-0.39, 0.29) is 11.5 Å². The Bertz CT molecular complexity index is 718. The van der Waals surface area contributed by atoms with Crippen LogP contribution >= 0.6 is 0 Å². The van der Waals surface area contributed by atoms with Crippen LogP contribution in [-0.4, -0.2) is 40.7 Å². The number of piperidine rings is 1. The highest BCUT2D eigenvalue weighted by Crippen LogP contribution is 2.40. The number of likely N-dealkylation sites (tertiary alicyclic amines) is 1. The monoisotopic (exact) mass is 339 g/mol. The van der Waals surface area contributed by atoms with Crippen LogP contribution in [0.5, 0.6) is 0 Å². The molecule has 25 heavy (non-hydrogen) atoms. The Hall–Kier alpha value is -2.14. The van der Waals surface area contributed by atoms with E-state index in [0.29, 0.717) is 6.42 Å². The van der Waals surface area contributed by atoms with Gasteiger partial charge in [0, 0.05) is 19.5 Å². The molecule has 3 heterocycles. The fourth-order valence-electron chi connectivity index (χ4n) is 4.08. The van der Waals surface area contributed by atoms with Crippen LogP contribution in [0.2, 0.25) is 0 Å². The smallest absolute Gasteiger partial charge is 0.222 e. The summed E-state index contributed by atoms with van der Waals surface area (Å²) in [5.41, 5.74) is 3.45. The van der Waals surface area contributed by atoms with Crippen molar-refractivity contribution in [1.82, 2.24) is 15.1 Å². The molecule has 0 radical (unpaired) electrons. The first-order valence-electron chi connectivity index (χ1n) is 9.25. The predicted octanol–water partition coefficient (Wildman–Crippen LogP) is 2.82. The molecule has 0 atom stereocenters. The summed E-state index contributed by atoms with van der Waals surface area (Å²) in [6.07, 6.45) is 7.05. The third-order valence-corrected chi connectivity index (χ3v) is 5.55. The van der Waals surface area contributed by atoms with Crippen molar-refractivity contribution in [3.8, 4) is 0 Å². The molecule has 5 nitrogen and oxygen atoms in total. The standard InChI is InChI=1S/C20H25N3O2/c24-18(8-4-7-16-5-2-1-3-6-16)23-12-10-20(11-13-23)19-17(9-14-25-20)15-21-22-19/h1-3,5-6,15H,4,7-14H2,(H,21,22). The molecule has 1 amide bonds. The van der Waals surface area contributed by atoms with Crippen molar-refractivity contribution in [3.05, 3.63) is 53.3 Å². The van der Waals surface area contributed by atoms with Gasteiger partial charge in [0.1, 0.15) is 5.60 Å². The van der Waals surface area contributed by atoms with Crippen molar-refractivity contribution >= 4 is 5.91 Å². The Kier molecular flexibility index (Phi) is 4.57. The molecule has 132 valence electrons. The summed E-state index contributed by atoms with van der Waals surface area (Å²) in [7, 11) is 0. The van der Waals surface area contributed by atoms with E-state index in [1.165, 1.54) is 11.1 Å². The third kappa shape index (κ3) is 3.33. The number of carbonyl (C=O) groups is 1.